The lowest BCUT2D eigenvalue weighted by Gasteiger charge is -2.20. The van der Waals surface area contributed by atoms with E-state index < -0.39 is 17.8 Å². The van der Waals surface area contributed by atoms with Crippen LogP contribution >= 0.6 is 0 Å². The van der Waals surface area contributed by atoms with Crippen LogP contribution in [-0.2, 0) is 16.1 Å². The molecule has 2 amide bonds. The number of rotatable bonds is 3. The summed E-state index contributed by atoms with van der Waals surface area (Å²) in [6, 6.07) is 7.23. The van der Waals surface area contributed by atoms with Crippen LogP contribution in [0.1, 0.15) is 32.8 Å². The molecular formula is C16H22N2O4. The summed E-state index contributed by atoms with van der Waals surface area (Å²) in [4.78, 5) is 25.0. The van der Waals surface area contributed by atoms with Crippen molar-refractivity contribution in [2.75, 3.05) is 11.9 Å². The van der Waals surface area contributed by atoms with Crippen molar-refractivity contribution >= 4 is 17.7 Å². The van der Waals surface area contributed by atoms with Crippen molar-refractivity contribution in [1.82, 2.24) is 4.90 Å². The molecule has 0 bridgehead atoms. The Kier molecular flexibility index (Phi) is 4.71. The Morgan fingerprint density at radius 2 is 2.18 bits per heavy atom. The number of β-amino-alcohol motifs (C(OH)–C–C–N with tert-alkyl or cyclic N) is 1. The fraction of sp³-hybridized carbons (Fsp3) is 0.500. The molecular weight excluding hydrogens is 284 g/mol. The van der Waals surface area contributed by atoms with Crippen molar-refractivity contribution in [2.45, 2.75) is 45.4 Å². The van der Waals surface area contributed by atoms with Gasteiger partial charge in [-0.1, -0.05) is 12.1 Å². The molecule has 0 spiro atoms. The van der Waals surface area contributed by atoms with Crippen molar-refractivity contribution in [2.24, 2.45) is 0 Å². The molecule has 1 aliphatic rings. The highest BCUT2D eigenvalue weighted by atomic mass is 16.6. The minimum absolute atomic E-state index is 0.0574. The lowest BCUT2D eigenvalue weighted by molar-refractivity contribution is -0.128. The van der Waals surface area contributed by atoms with Gasteiger partial charge in [0, 0.05) is 18.8 Å². The van der Waals surface area contributed by atoms with Crippen LogP contribution in [0.2, 0.25) is 0 Å². The number of carbonyl (C=O) groups is 2. The number of ether oxygens (including phenoxy) is 1. The van der Waals surface area contributed by atoms with E-state index in [4.69, 9.17) is 4.74 Å². The number of aliphatic hydroxyl groups is 1. The molecule has 120 valence electrons. The van der Waals surface area contributed by atoms with Crippen molar-refractivity contribution in [3.8, 4) is 0 Å². The smallest absolute Gasteiger partial charge is 0.412 e. The van der Waals surface area contributed by atoms with E-state index in [0.717, 1.165) is 5.56 Å². The van der Waals surface area contributed by atoms with Gasteiger partial charge in [0.15, 0.2) is 0 Å². The predicted molar refractivity (Wildman–Crippen MR) is 82.3 cm³/mol. The van der Waals surface area contributed by atoms with Crippen LogP contribution in [0, 0.1) is 0 Å². The number of nitrogens with zero attached hydrogens (tertiary/aromatic N) is 1. The number of benzene rings is 1. The van der Waals surface area contributed by atoms with Crippen LogP contribution in [0.3, 0.4) is 0 Å². The molecule has 6 heteroatoms. The second-order valence-electron chi connectivity index (χ2n) is 6.46. The van der Waals surface area contributed by atoms with Gasteiger partial charge in [-0.05, 0) is 38.5 Å². The maximum absolute atomic E-state index is 11.7. The van der Waals surface area contributed by atoms with E-state index in [2.05, 4.69) is 5.32 Å². The number of aliphatic hydroxyl groups excluding tert-OH is 1. The molecule has 1 unspecified atom stereocenters. The second kappa shape index (κ2) is 6.36. The molecule has 0 saturated carbocycles. The molecule has 0 aliphatic carbocycles. The Balaban J connectivity index is 1.98. The molecule has 0 radical (unpaired) electrons. The van der Waals surface area contributed by atoms with Gasteiger partial charge in [-0.2, -0.15) is 0 Å². The fourth-order valence-corrected chi connectivity index (χ4v) is 2.29. The van der Waals surface area contributed by atoms with Crippen LogP contribution < -0.4 is 5.32 Å². The average Bonchev–Trinajstić information content (AvgIpc) is 2.65. The van der Waals surface area contributed by atoms with Gasteiger partial charge in [0.05, 0.1) is 12.5 Å². The van der Waals surface area contributed by atoms with Gasteiger partial charge < -0.3 is 14.7 Å². The van der Waals surface area contributed by atoms with Gasteiger partial charge in [0.25, 0.3) is 0 Å². The average molecular weight is 306 g/mol. The number of carbonyl (C=O) groups excluding carboxylic acids is 2. The van der Waals surface area contributed by atoms with Crippen LogP contribution in [0.4, 0.5) is 10.5 Å². The summed E-state index contributed by atoms with van der Waals surface area (Å²) in [7, 11) is 0. The number of hydrogen-bond acceptors (Lipinski definition) is 4. The second-order valence-corrected chi connectivity index (χ2v) is 6.46. The highest BCUT2D eigenvalue weighted by molar-refractivity contribution is 5.85. The minimum Gasteiger partial charge on any atom is -0.444 e. The number of anilines is 1. The molecule has 1 aliphatic heterocycles. The SMILES string of the molecule is CC(C)(C)OC(=O)Nc1cccc(CN2CC(O)CC2=O)c1. The lowest BCUT2D eigenvalue weighted by Crippen LogP contribution is -2.27. The number of amides is 2. The monoisotopic (exact) mass is 306 g/mol. The molecule has 1 heterocycles. The molecule has 1 saturated heterocycles. The molecule has 6 nitrogen and oxygen atoms in total. The first-order chi connectivity index (χ1) is 10.2. The van der Waals surface area contributed by atoms with Gasteiger partial charge in [0.2, 0.25) is 5.91 Å². The molecule has 2 rings (SSSR count). The summed E-state index contributed by atoms with van der Waals surface area (Å²) in [6.45, 7) is 6.16. The maximum Gasteiger partial charge on any atom is 0.412 e. The molecule has 0 aromatic heterocycles. The van der Waals surface area contributed by atoms with E-state index in [1.54, 1.807) is 43.9 Å². The maximum atomic E-state index is 11.7. The molecule has 1 atom stereocenters. The molecule has 2 N–H and O–H groups in total. The van der Waals surface area contributed by atoms with E-state index in [0.29, 0.717) is 18.8 Å². The third-order valence-corrected chi connectivity index (χ3v) is 3.14. The largest absolute Gasteiger partial charge is 0.444 e. The molecule has 1 fully saturated rings. The van der Waals surface area contributed by atoms with E-state index in [9.17, 15) is 14.7 Å². The lowest BCUT2D eigenvalue weighted by atomic mass is 10.2. The van der Waals surface area contributed by atoms with Gasteiger partial charge in [-0.15, -0.1) is 0 Å². The topological polar surface area (TPSA) is 78.9 Å². The Morgan fingerprint density at radius 3 is 2.77 bits per heavy atom. The summed E-state index contributed by atoms with van der Waals surface area (Å²) in [5, 5.41) is 12.2. The number of likely N-dealkylation sites (tertiary alicyclic amines) is 1. The summed E-state index contributed by atoms with van der Waals surface area (Å²) >= 11 is 0. The van der Waals surface area contributed by atoms with E-state index >= 15 is 0 Å². The third kappa shape index (κ3) is 4.73. The molecule has 22 heavy (non-hydrogen) atoms. The standard InChI is InChI=1S/C16H22N2O4/c1-16(2,3)22-15(21)17-12-6-4-5-11(7-12)9-18-10-13(19)8-14(18)20/h4-7,13,19H,8-10H2,1-3H3,(H,17,21). The zero-order valence-electron chi connectivity index (χ0n) is 13.1. The first-order valence-electron chi connectivity index (χ1n) is 7.28. The first-order valence-corrected chi connectivity index (χ1v) is 7.28. The van der Waals surface area contributed by atoms with Crippen LogP contribution in [0.5, 0.6) is 0 Å². The van der Waals surface area contributed by atoms with Crippen molar-refractivity contribution in [3.05, 3.63) is 29.8 Å². The number of hydrogen-bond donors (Lipinski definition) is 2. The summed E-state index contributed by atoms with van der Waals surface area (Å²) in [5.74, 6) is -0.0574. The summed E-state index contributed by atoms with van der Waals surface area (Å²) in [6.07, 6.45) is -0.927. The van der Waals surface area contributed by atoms with Gasteiger partial charge in [-0.25, -0.2) is 4.79 Å². The summed E-state index contributed by atoms with van der Waals surface area (Å²) < 4.78 is 5.20. The van der Waals surface area contributed by atoms with E-state index in [-0.39, 0.29) is 12.3 Å². The fourth-order valence-electron chi connectivity index (χ4n) is 2.29. The van der Waals surface area contributed by atoms with Crippen molar-refractivity contribution in [3.63, 3.8) is 0 Å². The Hall–Kier alpha value is -2.08. The first kappa shape index (κ1) is 16.3. The van der Waals surface area contributed by atoms with Crippen LogP contribution in [-0.4, -0.2) is 40.3 Å². The van der Waals surface area contributed by atoms with Gasteiger partial charge in [-0.3, -0.25) is 10.1 Å². The van der Waals surface area contributed by atoms with E-state index in [1.165, 1.54) is 0 Å². The molecule has 1 aromatic rings. The highest BCUT2D eigenvalue weighted by Gasteiger charge is 2.27. The van der Waals surface area contributed by atoms with Crippen LogP contribution in [0.15, 0.2) is 24.3 Å². The van der Waals surface area contributed by atoms with Crippen LogP contribution in [0.25, 0.3) is 0 Å². The Labute approximate surface area is 130 Å². The zero-order valence-corrected chi connectivity index (χ0v) is 13.1. The summed E-state index contributed by atoms with van der Waals surface area (Å²) in [5.41, 5.74) is 0.940. The minimum atomic E-state index is -0.587. The zero-order chi connectivity index (χ0) is 16.3. The quantitative estimate of drug-likeness (QED) is 0.896. The van der Waals surface area contributed by atoms with Crippen molar-refractivity contribution in [1.29, 1.82) is 0 Å². The van der Waals surface area contributed by atoms with Crippen molar-refractivity contribution < 1.29 is 19.4 Å². The van der Waals surface area contributed by atoms with Gasteiger partial charge in [0.1, 0.15) is 5.60 Å². The Morgan fingerprint density at radius 1 is 1.45 bits per heavy atom. The van der Waals surface area contributed by atoms with E-state index in [1.807, 2.05) is 6.07 Å². The third-order valence-electron chi connectivity index (χ3n) is 3.14. The Bertz CT molecular complexity index is 566. The highest BCUT2D eigenvalue weighted by Crippen LogP contribution is 2.18. The number of nitrogens with one attached hydrogen (secondary N) is 1. The normalized spacial score (nSPS) is 18.5. The predicted octanol–water partition coefficient (Wildman–Crippen LogP) is 2.13. The molecule has 1 aromatic carbocycles. The van der Waals surface area contributed by atoms with Gasteiger partial charge >= 0.3 is 6.09 Å².